The molecule has 0 saturated carbocycles. The summed E-state index contributed by atoms with van der Waals surface area (Å²) in [5.74, 6) is -0.944. The number of furan rings is 1. The SMILES string of the molecule is Cc1cc(NC(=O)COC(=O)c2cc(-c3ccco3)nc3ccccc23)c([N+](=O)[O-])cc1C. The first kappa shape index (κ1) is 21.7. The van der Waals surface area contributed by atoms with Gasteiger partial charge >= 0.3 is 5.97 Å². The molecule has 0 spiro atoms. The van der Waals surface area contributed by atoms with Gasteiger partial charge in [-0.15, -0.1) is 0 Å². The molecule has 0 aliphatic rings. The number of ether oxygens (including phenoxy) is 1. The Morgan fingerprint density at radius 1 is 1.09 bits per heavy atom. The second kappa shape index (κ2) is 8.91. The molecule has 2 heterocycles. The van der Waals surface area contributed by atoms with Crippen molar-refractivity contribution in [3.63, 3.8) is 0 Å². The number of hydrogen-bond acceptors (Lipinski definition) is 7. The summed E-state index contributed by atoms with van der Waals surface area (Å²) >= 11 is 0. The molecule has 9 heteroatoms. The maximum absolute atomic E-state index is 12.8. The van der Waals surface area contributed by atoms with Crippen LogP contribution in [0.4, 0.5) is 11.4 Å². The average molecular weight is 445 g/mol. The molecule has 166 valence electrons. The van der Waals surface area contributed by atoms with Crippen LogP contribution in [0.15, 0.2) is 65.3 Å². The standard InChI is InChI=1S/C24H19N3O6/c1-14-10-19(21(27(30)31)11-15(14)2)26-23(28)13-33-24(29)17-12-20(22-8-5-9-32-22)25-18-7-4-3-6-16(17)18/h3-12H,13H2,1-2H3,(H,26,28). The normalized spacial score (nSPS) is 10.7. The second-order valence-corrected chi connectivity index (χ2v) is 7.38. The number of carbonyl (C=O) groups is 2. The van der Waals surface area contributed by atoms with Crippen LogP contribution in [-0.2, 0) is 9.53 Å². The lowest BCUT2D eigenvalue weighted by molar-refractivity contribution is -0.384. The van der Waals surface area contributed by atoms with Crippen LogP contribution in [0.3, 0.4) is 0 Å². The summed E-state index contributed by atoms with van der Waals surface area (Å²) in [5.41, 5.74) is 2.54. The quantitative estimate of drug-likeness (QED) is 0.256. The van der Waals surface area contributed by atoms with Crippen molar-refractivity contribution in [1.82, 2.24) is 4.98 Å². The van der Waals surface area contributed by atoms with E-state index in [1.165, 1.54) is 24.5 Å². The summed E-state index contributed by atoms with van der Waals surface area (Å²) < 4.78 is 10.6. The maximum atomic E-state index is 12.8. The Morgan fingerprint density at radius 3 is 2.58 bits per heavy atom. The molecule has 1 amide bonds. The number of nitrogens with zero attached hydrogens (tertiary/aromatic N) is 2. The van der Waals surface area contributed by atoms with Gasteiger partial charge in [0.05, 0.1) is 22.3 Å². The zero-order chi connectivity index (χ0) is 23.5. The zero-order valence-corrected chi connectivity index (χ0v) is 17.8. The monoisotopic (exact) mass is 445 g/mol. The van der Waals surface area contributed by atoms with Gasteiger partial charge in [-0.2, -0.15) is 0 Å². The number of pyridine rings is 1. The van der Waals surface area contributed by atoms with Gasteiger partial charge in [0, 0.05) is 11.5 Å². The number of aryl methyl sites for hydroxylation is 2. The molecule has 0 aliphatic heterocycles. The highest BCUT2D eigenvalue weighted by Crippen LogP contribution is 2.28. The van der Waals surface area contributed by atoms with E-state index in [1.807, 2.05) is 0 Å². The van der Waals surface area contributed by atoms with Crippen molar-refractivity contribution in [2.75, 3.05) is 11.9 Å². The fraction of sp³-hybridized carbons (Fsp3) is 0.125. The van der Waals surface area contributed by atoms with Crippen LogP contribution in [0.2, 0.25) is 0 Å². The summed E-state index contributed by atoms with van der Waals surface area (Å²) in [6, 6.07) is 14.9. The zero-order valence-electron chi connectivity index (χ0n) is 17.8. The van der Waals surface area contributed by atoms with Gasteiger partial charge in [-0.3, -0.25) is 14.9 Å². The Labute approximate surface area is 188 Å². The third-order valence-corrected chi connectivity index (χ3v) is 5.13. The molecule has 0 fully saturated rings. The Bertz CT molecular complexity index is 1380. The third-order valence-electron chi connectivity index (χ3n) is 5.13. The first-order valence-electron chi connectivity index (χ1n) is 10.00. The number of nitro groups is 1. The molecule has 4 rings (SSSR count). The summed E-state index contributed by atoms with van der Waals surface area (Å²) in [5, 5.41) is 14.3. The minimum Gasteiger partial charge on any atom is -0.463 e. The van der Waals surface area contributed by atoms with Crippen LogP contribution in [0, 0.1) is 24.0 Å². The van der Waals surface area contributed by atoms with Crippen molar-refractivity contribution in [2.45, 2.75) is 13.8 Å². The van der Waals surface area contributed by atoms with E-state index in [2.05, 4.69) is 10.3 Å². The highest BCUT2D eigenvalue weighted by molar-refractivity contribution is 6.05. The van der Waals surface area contributed by atoms with Crippen molar-refractivity contribution in [3.05, 3.63) is 87.7 Å². The van der Waals surface area contributed by atoms with Gasteiger partial charge < -0.3 is 14.5 Å². The Morgan fingerprint density at radius 2 is 1.85 bits per heavy atom. The van der Waals surface area contributed by atoms with Crippen molar-refractivity contribution in [2.24, 2.45) is 0 Å². The number of esters is 1. The van der Waals surface area contributed by atoms with E-state index in [0.717, 1.165) is 11.1 Å². The fourth-order valence-electron chi connectivity index (χ4n) is 3.34. The third kappa shape index (κ3) is 4.57. The number of amides is 1. The molecule has 0 unspecified atom stereocenters. The molecule has 0 aliphatic carbocycles. The number of benzene rings is 2. The molecule has 4 aromatic rings. The molecule has 0 saturated heterocycles. The van der Waals surface area contributed by atoms with Crippen LogP contribution < -0.4 is 5.32 Å². The molecular formula is C24H19N3O6. The highest BCUT2D eigenvalue weighted by Gasteiger charge is 2.20. The van der Waals surface area contributed by atoms with Crippen LogP contribution in [-0.4, -0.2) is 28.4 Å². The second-order valence-electron chi connectivity index (χ2n) is 7.38. The number of nitro benzene ring substituents is 1. The van der Waals surface area contributed by atoms with Crippen LogP contribution >= 0.6 is 0 Å². The van der Waals surface area contributed by atoms with Crippen LogP contribution in [0.5, 0.6) is 0 Å². The van der Waals surface area contributed by atoms with Gasteiger partial charge in [0.2, 0.25) is 0 Å². The molecule has 1 N–H and O–H groups in total. The number of aromatic nitrogens is 1. The number of anilines is 1. The predicted octanol–water partition coefficient (Wildman–Crippen LogP) is 4.82. The van der Waals surface area contributed by atoms with Gasteiger partial charge in [-0.25, -0.2) is 9.78 Å². The van der Waals surface area contributed by atoms with Crippen molar-refractivity contribution in [1.29, 1.82) is 0 Å². The van der Waals surface area contributed by atoms with Crippen LogP contribution in [0.25, 0.3) is 22.4 Å². The number of hydrogen-bond donors (Lipinski definition) is 1. The lowest BCUT2D eigenvalue weighted by Gasteiger charge is -2.11. The van der Waals surface area contributed by atoms with E-state index >= 15 is 0 Å². The predicted molar refractivity (Wildman–Crippen MR) is 121 cm³/mol. The van der Waals surface area contributed by atoms with Gasteiger partial charge in [0.15, 0.2) is 12.4 Å². The minimum absolute atomic E-state index is 0.0404. The molecule has 2 aromatic heterocycles. The van der Waals surface area contributed by atoms with E-state index in [1.54, 1.807) is 50.2 Å². The summed E-state index contributed by atoms with van der Waals surface area (Å²) in [4.78, 5) is 40.5. The minimum atomic E-state index is -0.730. The van der Waals surface area contributed by atoms with Crippen molar-refractivity contribution >= 4 is 34.2 Å². The lowest BCUT2D eigenvalue weighted by atomic mass is 10.1. The van der Waals surface area contributed by atoms with Gasteiger partial charge in [0.1, 0.15) is 11.4 Å². The molecule has 0 bridgehead atoms. The van der Waals surface area contributed by atoms with Gasteiger partial charge in [-0.1, -0.05) is 18.2 Å². The first-order valence-corrected chi connectivity index (χ1v) is 10.00. The number of nitrogens with one attached hydrogen (secondary N) is 1. The smallest absolute Gasteiger partial charge is 0.339 e. The maximum Gasteiger partial charge on any atom is 0.339 e. The molecule has 33 heavy (non-hydrogen) atoms. The highest BCUT2D eigenvalue weighted by atomic mass is 16.6. The average Bonchev–Trinajstić information content (AvgIpc) is 3.34. The van der Waals surface area contributed by atoms with Crippen LogP contribution in [0.1, 0.15) is 21.5 Å². The van der Waals surface area contributed by atoms with Crippen molar-refractivity contribution in [3.8, 4) is 11.5 Å². The topological polar surface area (TPSA) is 125 Å². The van der Waals surface area contributed by atoms with E-state index in [9.17, 15) is 19.7 Å². The summed E-state index contributed by atoms with van der Waals surface area (Å²) in [6.07, 6.45) is 1.50. The first-order chi connectivity index (χ1) is 15.8. The Balaban J connectivity index is 1.55. The Hall–Kier alpha value is -4.53. The molecule has 0 radical (unpaired) electrons. The van der Waals surface area contributed by atoms with E-state index in [4.69, 9.17) is 9.15 Å². The number of fused-ring (bicyclic) bond motifs is 1. The van der Waals surface area contributed by atoms with Gasteiger partial charge in [0.25, 0.3) is 11.6 Å². The molecular weight excluding hydrogens is 426 g/mol. The Kier molecular flexibility index (Phi) is 5.86. The van der Waals surface area contributed by atoms with E-state index in [0.29, 0.717) is 22.4 Å². The van der Waals surface area contributed by atoms with Crippen molar-refractivity contribution < 1.29 is 23.7 Å². The summed E-state index contributed by atoms with van der Waals surface area (Å²) in [6.45, 7) is 2.90. The molecule has 0 atom stereocenters. The van der Waals surface area contributed by atoms with Gasteiger partial charge in [-0.05, 0) is 55.3 Å². The number of rotatable bonds is 6. The molecule has 9 nitrogen and oxygen atoms in total. The lowest BCUT2D eigenvalue weighted by Crippen LogP contribution is -2.21. The largest absolute Gasteiger partial charge is 0.463 e. The molecule has 2 aromatic carbocycles. The number of carbonyl (C=O) groups excluding carboxylic acids is 2. The van der Waals surface area contributed by atoms with E-state index in [-0.39, 0.29) is 16.9 Å². The number of para-hydroxylation sites is 1. The summed E-state index contributed by atoms with van der Waals surface area (Å²) in [7, 11) is 0. The van der Waals surface area contributed by atoms with E-state index < -0.39 is 23.4 Å². The fourth-order valence-corrected chi connectivity index (χ4v) is 3.34.